The van der Waals surface area contributed by atoms with Gasteiger partial charge in [0, 0.05) is 19.8 Å². The molecule has 0 bridgehead atoms. The number of hydrogen-bond acceptors (Lipinski definition) is 2. The van der Waals surface area contributed by atoms with Crippen LogP contribution in [0.25, 0.3) is 0 Å². The van der Waals surface area contributed by atoms with E-state index < -0.39 is 9.28 Å². The second-order valence-corrected chi connectivity index (χ2v) is 7.72. The molecule has 0 atom stereocenters. The second-order valence-electron chi connectivity index (χ2n) is 5.45. The lowest BCUT2D eigenvalue weighted by molar-refractivity contribution is 0.265. The van der Waals surface area contributed by atoms with E-state index in [1.165, 1.54) is 57.8 Å². The van der Waals surface area contributed by atoms with Crippen molar-refractivity contribution in [3.8, 4) is 0 Å². The van der Waals surface area contributed by atoms with Crippen LogP contribution in [0.15, 0.2) is 0 Å². The highest BCUT2D eigenvalue weighted by molar-refractivity contribution is 6.46. The van der Waals surface area contributed by atoms with Gasteiger partial charge in [0.15, 0.2) is 0 Å². The number of hydrogen-bond donors (Lipinski definition) is 0. The molecule has 2 fully saturated rings. The molecule has 17 heavy (non-hydrogen) atoms. The first-order chi connectivity index (χ1) is 8.27. The van der Waals surface area contributed by atoms with Crippen LogP contribution in [0, 0.1) is 5.92 Å². The lowest BCUT2D eigenvalue weighted by Crippen LogP contribution is -2.24. The Morgan fingerprint density at radius 3 is 1.59 bits per heavy atom. The van der Waals surface area contributed by atoms with Crippen LogP contribution in [-0.4, -0.2) is 23.5 Å². The van der Waals surface area contributed by atoms with Gasteiger partial charge in [-0.1, -0.05) is 51.9 Å². The molecule has 0 spiro atoms. The molecule has 2 rings (SSSR count). The molecule has 3 heteroatoms. The number of rotatable bonds is 3. The smallest absolute Gasteiger partial charge is 0.387 e. The third kappa shape index (κ3) is 6.02. The summed E-state index contributed by atoms with van der Waals surface area (Å²) in [6, 6.07) is 0. The lowest BCUT2D eigenvalue weighted by atomic mass is 9.91. The van der Waals surface area contributed by atoms with Crippen molar-refractivity contribution in [1.82, 2.24) is 0 Å². The molecule has 0 aromatic rings. The van der Waals surface area contributed by atoms with Gasteiger partial charge < -0.3 is 8.85 Å². The lowest BCUT2D eigenvalue weighted by Gasteiger charge is -2.15. The van der Waals surface area contributed by atoms with Gasteiger partial charge in [-0.15, -0.1) is 0 Å². The summed E-state index contributed by atoms with van der Waals surface area (Å²) >= 11 is 0. The zero-order valence-corrected chi connectivity index (χ0v) is 12.8. The van der Waals surface area contributed by atoms with E-state index in [0.29, 0.717) is 0 Å². The summed E-state index contributed by atoms with van der Waals surface area (Å²) in [4.78, 5) is 0. The predicted octanol–water partition coefficient (Wildman–Crippen LogP) is 4.30. The molecule has 1 radical (unpaired) electrons. The Balaban J connectivity index is 0.000000181. The average Bonchev–Trinajstić information content (AvgIpc) is 2.86. The molecule has 0 aromatic carbocycles. The van der Waals surface area contributed by atoms with Crippen LogP contribution < -0.4 is 0 Å². The minimum atomic E-state index is -0.901. The van der Waals surface area contributed by atoms with E-state index in [1.54, 1.807) is 14.2 Å². The minimum Gasteiger partial charge on any atom is -0.397 e. The summed E-state index contributed by atoms with van der Waals surface area (Å²) in [5, 5.41) is 0. The molecule has 0 heterocycles. The molecular formula is C14H29O2Si. The van der Waals surface area contributed by atoms with E-state index in [9.17, 15) is 0 Å². The Morgan fingerprint density at radius 1 is 0.765 bits per heavy atom. The van der Waals surface area contributed by atoms with Crippen LogP contribution in [0.1, 0.15) is 64.7 Å². The van der Waals surface area contributed by atoms with E-state index in [2.05, 4.69) is 6.92 Å². The standard InChI is InChI=1S/C7H15O2Si.C7H14/c1-8-10(9-2)7-5-3-4-6-7;1-7-5-3-2-4-6-7/h7H,3-6H2,1-2H3;7H,2-6H2,1H3. The normalized spacial score (nSPS) is 22.6. The average molecular weight is 257 g/mol. The van der Waals surface area contributed by atoms with Crippen LogP contribution in [0.4, 0.5) is 0 Å². The fourth-order valence-electron chi connectivity index (χ4n) is 2.88. The predicted molar refractivity (Wildman–Crippen MR) is 74.2 cm³/mol. The summed E-state index contributed by atoms with van der Waals surface area (Å²) in [5.41, 5.74) is 0.750. The Hall–Kier alpha value is 0.137. The third-order valence-electron chi connectivity index (χ3n) is 3.98. The van der Waals surface area contributed by atoms with Crippen molar-refractivity contribution >= 4 is 9.28 Å². The second kappa shape index (κ2) is 9.12. The molecule has 0 amide bonds. The molecular weight excluding hydrogens is 228 g/mol. The van der Waals surface area contributed by atoms with Crippen LogP contribution in [0.5, 0.6) is 0 Å². The highest BCUT2D eigenvalue weighted by atomic mass is 28.3. The largest absolute Gasteiger partial charge is 0.397 e. The topological polar surface area (TPSA) is 18.5 Å². The van der Waals surface area contributed by atoms with Gasteiger partial charge in [-0.2, -0.15) is 0 Å². The quantitative estimate of drug-likeness (QED) is 0.702. The van der Waals surface area contributed by atoms with Crippen molar-refractivity contribution in [2.24, 2.45) is 5.92 Å². The van der Waals surface area contributed by atoms with Gasteiger partial charge >= 0.3 is 9.28 Å². The van der Waals surface area contributed by atoms with Gasteiger partial charge in [0.1, 0.15) is 0 Å². The van der Waals surface area contributed by atoms with E-state index in [-0.39, 0.29) is 0 Å². The van der Waals surface area contributed by atoms with Crippen molar-refractivity contribution in [2.75, 3.05) is 14.2 Å². The molecule has 0 aromatic heterocycles. The minimum absolute atomic E-state index is 0.750. The Kier molecular flexibility index (Phi) is 8.15. The van der Waals surface area contributed by atoms with Gasteiger partial charge in [0.25, 0.3) is 0 Å². The monoisotopic (exact) mass is 257 g/mol. The molecule has 2 saturated carbocycles. The molecule has 2 aliphatic rings. The van der Waals surface area contributed by atoms with Crippen LogP contribution >= 0.6 is 0 Å². The maximum atomic E-state index is 5.26. The summed E-state index contributed by atoms with van der Waals surface area (Å²) in [7, 11) is 2.62. The van der Waals surface area contributed by atoms with Gasteiger partial charge in [-0.3, -0.25) is 0 Å². The molecule has 0 aliphatic heterocycles. The van der Waals surface area contributed by atoms with E-state index in [4.69, 9.17) is 8.85 Å². The van der Waals surface area contributed by atoms with Crippen molar-refractivity contribution in [3.63, 3.8) is 0 Å². The molecule has 101 valence electrons. The van der Waals surface area contributed by atoms with Crippen LogP contribution in [0.2, 0.25) is 5.54 Å². The van der Waals surface area contributed by atoms with Crippen LogP contribution in [0.3, 0.4) is 0 Å². The third-order valence-corrected chi connectivity index (χ3v) is 6.03. The molecule has 2 aliphatic carbocycles. The summed E-state index contributed by atoms with van der Waals surface area (Å²) in [5.74, 6) is 1.04. The first kappa shape index (κ1) is 15.2. The molecule has 0 unspecified atom stereocenters. The van der Waals surface area contributed by atoms with Crippen LogP contribution in [-0.2, 0) is 8.85 Å². The Bertz CT molecular complexity index is 171. The maximum absolute atomic E-state index is 5.26. The Labute approximate surface area is 109 Å². The maximum Gasteiger partial charge on any atom is 0.387 e. The zero-order chi connectivity index (χ0) is 12.5. The fraction of sp³-hybridized carbons (Fsp3) is 1.00. The van der Waals surface area contributed by atoms with Gasteiger partial charge in [-0.05, 0) is 18.8 Å². The van der Waals surface area contributed by atoms with Crippen molar-refractivity contribution in [3.05, 3.63) is 0 Å². The van der Waals surface area contributed by atoms with Crippen molar-refractivity contribution in [1.29, 1.82) is 0 Å². The Morgan fingerprint density at radius 2 is 1.24 bits per heavy atom. The molecule has 0 N–H and O–H groups in total. The first-order valence-electron chi connectivity index (χ1n) is 7.22. The zero-order valence-electron chi connectivity index (χ0n) is 11.8. The molecule has 2 nitrogen and oxygen atoms in total. The van der Waals surface area contributed by atoms with E-state index in [1.807, 2.05) is 0 Å². The summed E-state index contributed by atoms with van der Waals surface area (Å²) in [6.45, 7) is 2.36. The molecule has 0 saturated heterocycles. The summed E-state index contributed by atoms with van der Waals surface area (Å²) < 4.78 is 10.5. The van der Waals surface area contributed by atoms with Gasteiger partial charge in [-0.25, -0.2) is 0 Å². The van der Waals surface area contributed by atoms with Gasteiger partial charge in [0.05, 0.1) is 0 Å². The van der Waals surface area contributed by atoms with Crippen molar-refractivity contribution < 1.29 is 8.85 Å². The highest BCUT2D eigenvalue weighted by Crippen LogP contribution is 2.32. The summed E-state index contributed by atoms with van der Waals surface area (Å²) in [6.07, 6.45) is 12.8. The fourth-order valence-corrected chi connectivity index (χ4v) is 4.60. The van der Waals surface area contributed by atoms with Gasteiger partial charge in [0.2, 0.25) is 0 Å². The van der Waals surface area contributed by atoms with E-state index in [0.717, 1.165) is 11.5 Å². The highest BCUT2D eigenvalue weighted by Gasteiger charge is 2.28. The SMILES string of the molecule is CC1CCCCC1.CO[Si](OC)C1CCCC1. The van der Waals surface area contributed by atoms with E-state index >= 15 is 0 Å². The van der Waals surface area contributed by atoms with Crippen molar-refractivity contribution in [2.45, 2.75) is 70.3 Å². The first-order valence-corrected chi connectivity index (χ1v) is 8.62.